The first-order valence-corrected chi connectivity index (χ1v) is 7.70. The predicted octanol–water partition coefficient (Wildman–Crippen LogP) is 6.58. The van der Waals surface area contributed by atoms with Crippen LogP contribution in [-0.2, 0) is 6.18 Å². The van der Waals surface area contributed by atoms with Crippen LogP contribution in [0.4, 0.5) is 17.6 Å². The Morgan fingerprint density at radius 3 is 2.42 bits per heavy atom. The van der Waals surface area contributed by atoms with Crippen LogP contribution in [0.25, 0.3) is 17.2 Å². The number of benzene rings is 2. The van der Waals surface area contributed by atoms with E-state index in [0.29, 0.717) is 5.56 Å². The first-order chi connectivity index (χ1) is 11.3. The number of allylic oxidation sites excluding steroid dienone is 3. The molecule has 0 heterocycles. The van der Waals surface area contributed by atoms with Crippen molar-refractivity contribution >= 4 is 17.2 Å². The fourth-order valence-electron chi connectivity index (χ4n) is 3.18. The lowest BCUT2D eigenvalue weighted by molar-refractivity contribution is -0.137. The minimum Gasteiger partial charge on any atom is -0.207 e. The van der Waals surface area contributed by atoms with Crippen molar-refractivity contribution in [3.8, 4) is 0 Å². The lowest BCUT2D eigenvalue weighted by Gasteiger charge is -2.08. The summed E-state index contributed by atoms with van der Waals surface area (Å²) >= 11 is 0. The number of halogens is 4. The van der Waals surface area contributed by atoms with Gasteiger partial charge >= 0.3 is 6.18 Å². The summed E-state index contributed by atoms with van der Waals surface area (Å²) in [5, 5.41) is 0. The quantitative estimate of drug-likeness (QED) is 0.545. The third kappa shape index (κ3) is 2.88. The Morgan fingerprint density at radius 1 is 1.00 bits per heavy atom. The first-order valence-electron chi connectivity index (χ1n) is 7.70. The average Bonchev–Trinajstić information content (AvgIpc) is 2.78. The molecule has 2 aromatic carbocycles. The van der Waals surface area contributed by atoms with E-state index in [1.165, 1.54) is 18.2 Å². The van der Waals surface area contributed by atoms with Gasteiger partial charge in [-0.25, -0.2) is 4.39 Å². The molecule has 124 valence electrons. The third-order valence-corrected chi connectivity index (χ3v) is 4.33. The lowest BCUT2D eigenvalue weighted by atomic mass is 9.99. The maximum atomic E-state index is 13.6. The Kier molecular flexibility index (Phi) is 4.08. The van der Waals surface area contributed by atoms with Crippen molar-refractivity contribution in [3.05, 3.63) is 76.1 Å². The molecule has 0 amide bonds. The van der Waals surface area contributed by atoms with Crippen LogP contribution in [0.1, 0.15) is 42.5 Å². The third-order valence-electron chi connectivity index (χ3n) is 4.33. The molecule has 0 N–H and O–H groups in total. The topological polar surface area (TPSA) is 0 Å². The fraction of sp³-hybridized carbons (Fsp3) is 0.200. The fourth-order valence-corrected chi connectivity index (χ4v) is 3.18. The molecule has 0 saturated carbocycles. The van der Waals surface area contributed by atoms with E-state index >= 15 is 0 Å². The molecule has 0 bridgehead atoms. The highest BCUT2D eigenvalue weighted by Gasteiger charge is 2.30. The highest BCUT2D eigenvalue weighted by atomic mass is 19.4. The zero-order valence-electron chi connectivity index (χ0n) is 13.3. The van der Waals surface area contributed by atoms with Gasteiger partial charge in [0.05, 0.1) is 5.56 Å². The van der Waals surface area contributed by atoms with Gasteiger partial charge in [0.15, 0.2) is 0 Å². The highest BCUT2D eigenvalue weighted by molar-refractivity contribution is 6.05. The molecular formula is C20H16F4. The van der Waals surface area contributed by atoms with Gasteiger partial charge in [-0.3, -0.25) is 0 Å². The number of hydrogen-bond donors (Lipinski definition) is 0. The van der Waals surface area contributed by atoms with E-state index in [2.05, 4.69) is 0 Å². The van der Waals surface area contributed by atoms with Crippen LogP contribution in [0.15, 0.2) is 48.0 Å². The molecule has 0 aliphatic heterocycles. The first kappa shape index (κ1) is 16.5. The Hall–Kier alpha value is -2.36. The molecule has 0 nitrogen and oxygen atoms in total. The molecule has 0 atom stereocenters. The Labute approximate surface area is 138 Å². The van der Waals surface area contributed by atoms with E-state index in [9.17, 15) is 17.6 Å². The van der Waals surface area contributed by atoms with Crippen LogP contribution in [0.5, 0.6) is 0 Å². The number of alkyl halides is 3. The molecule has 4 heteroatoms. The summed E-state index contributed by atoms with van der Waals surface area (Å²) in [6, 6.07) is 9.79. The van der Waals surface area contributed by atoms with Crippen molar-refractivity contribution in [3.63, 3.8) is 0 Å². The van der Waals surface area contributed by atoms with E-state index in [-0.39, 0.29) is 5.82 Å². The molecule has 3 rings (SSSR count). The normalized spacial score (nSPS) is 16.0. The van der Waals surface area contributed by atoms with E-state index < -0.39 is 11.7 Å². The maximum Gasteiger partial charge on any atom is 0.416 e. The second-order valence-corrected chi connectivity index (χ2v) is 5.83. The number of fused-ring (bicyclic) bond motifs is 1. The number of hydrogen-bond acceptors (Lipinski definition) is 0. The SMILES string of the molecule is CCC1=C(C)/C(=C/c2cccc(C(F)(F)F)c2)c2ccc(F)cc21. The molecule has 0 saturated heterocycles. The zero-order chi connectivity index (χ0) is 17.5. The summed E-state index contributed by atoms with van der Waals surface area (Å²) in [7, 11) is 0. The standard InChI is InChI=1S/C20H16F4/c1-3-16-12(2)18(17-8-7-15(21)11-19(16)17)10-13-5-4-6-14(9-13)20(22,23)24/h4-11H,3H2,1-2H3/b18-10-. The van der Waals surface area contributed by atoms with Gasteiger partial charge in [0, 0.05) is 0 Å². The summed E-state index contributed by atoms with van der Waals surface area (Å²) in [6.07, 6.45) is -1.89. The van der Waals surface area contributed by atoms with E-state index in [4.69, 9.17) is 0 Å². The molecule has 0 aromatic heterocycles. The molecule has 0 fully saturated rings. The zero-order valence-corrected chi connectivity index (χ0v) is 13.3. The van der Waals surface area contributed by atoms with Crippen molar-refractivity contribution in [1.29, 1.82) is 0 Å². The van der Waals surface area contributed by atoms with Crippen molar-refractivity contribution < 1.29 is 17.6 Å². The largest absolute Gasteiger partial charge is 0.416 e. The number of rotatable bonds is 2. The minimum atomic E-state index is -4.37. The summed E-state index contributed by atoms with van der Waals surface area (Å²) < 4.78 is 52.2. The van der Waals surface area contributed by atoms with Crippen LogP contribution < -0.4 is 0 Å². The molecule has 24 heavy (non-hydrogen) atoms. The maximum absolute atomic E-state index is 13.6. The summed E-state index contributed by atoms with van der Waals surface area (Å²) in [6.45, 7) is 3.91. The van der Waals surface area contributed by atoms with Crippen LogP contribution in [0, 0.1) is 5.82 Å². The Bertz CT molecular complexity index is 854. The molecule has 1 aliphatic rings. The van der Waals surface area contributed by atoms with Gasteiger partial charge in [-0.1, -0.05) is 25.1 Å². The molecule has 0 unspecified atom stereocenters. The van der Waals surface area contributed by atoms with Gasteiger partial charge in [0.25, 0.3) is 0 Å². The lowest BCUT2D eigenvalue weighted by Crippen LogP contribution is -2.04. The highest BCUT2D eigenvalue weighted by Crippen LogP contribution is 2.43. The summed E-state index contributed by atoms with van der Waals surface area (Å²) in [5.41, 5.74) is 4.36. The molecule has 0 spiro atoms. The average molecular weight is 332 g/mol. The van der Waals surface area contributed by atoms with Gasteiger partial charge in [-0.2, -0.15) is 13.2 Å². The Morgan fingerprint density at radius 2 is 1.75 bits per heavy atom. The van der Waals surface area contributed by atoms with Gasteiger partial charge in [0.1, 0.15) is 5.82 Å². The molecule has 1 aliphatic carbocycles. The summed E-state index contributed by atoms with van der Waals surface area (Å²) in [5.74, 6) is -0.312. The van der Waals surface area contributed by atoms with Gasteiger partial charge in [0.2, 0.25) is 0 Å². The van der Waals surface area contributed by atoms with Crippen molar-refractivity contribution in [2.75, 3.05) is 0 Å². The van der Waals surface area contributed by atoms with Gasteiger partial charge in [-0.05, 0) is 77.1 Å². The van der Waals surface area contributed by atoms with Gasteiger partial charge < -0.3 is 0 Å². The van der Waals surface area contributed by atoms with Crippen LogP contribution in [0.3, 0.4) is 0 Å². The monoisotopic (exact) mass is 332 g/mol. The van der Waals surface area contributed by atoms with Gasteiger partial charge in [-0.15, -0.1) is 0 Å². The van der Waals surface area contributed by atoms with Crippen LogP contribution in [-0.4, -0.2) is 0 Å². The molecule has 2 aromatic rings. The Balaban J connectivity index is 2.13. The smallest absolute Gasteiger partial charge is 0.207 e. The van der Waals surface area contributed by atoms with Crippen LogP contribution >= 0.6 is 0 Å². The van der Waals surface area contributed by atoms with E-state index in [1.54, 1.807) is 18.2 Å². The van der Waals surface area contributed by atoms with E-state index in [0.717, 1.165) is 46.4 Å². The minimum absolute atomic E-state index is 0.312. The van der Waals surface area contributed by atoms with E-state index in [1.807, 2.05) is 13.8 Å². The summed E-state index contributed by atoms with van der Waals surface area (Å²) in [4.78, 5) is 0. The van der Waals surface area contributed by atoms with Crippen molar-refractivity contribution in [2.24, 2.45) is 0 Å². The van der Waals surface area contributed by atoms with Crippen molar-refractivity contribution in [2.45, 2.75) is 26.4 Å². The van der Waals surface area contributed by atoms with Crippen LogP contribution in [0.2, 0.25) is 0 Å². The molecular weight excluding hydrogens is 316 g/mol. The van der Waals surface area contributed by atoms with Crippen molar-refractivity contribution in [1.82, 2.24) is 0 Å². The second kappa shape index (κ2) is 5.93. The second-order valence-electron chi connectivity index (χ2n) is 5.83. The molecule has 0 radical (unpaired) electrons. The predicted molar refractivity (Wildman–Crippen MR) is 88.6 cm³/mol.